The Kier molecular flexibility index (Phi) is 4.31. The van der Waals surface area contributed by atoms with Crippen molar-refractivity contribution in [2.75, 3.05) is 0 Å². The van der Waals surface area contributed by atoms with E-state index in [1.54, 1.807) is 0 Å². The number of benzene rings is 2. The van der Waals surface area contributed by atoms with Gasteiger partial charge in [-0.25, -0.2) is 0 Å². The number of H-pyrrole nitrogens is 1. The largest absolute Gasteiger partial charge is 0.367 e. The van der Waals surface area contributed by atoms with Gasteiger partial charge in [-0.15, -0.1) is 0 Å². The van der Waals surface area contributed by atoms with Crippen LogP contribution in [0.3, 0.4) is 0 Å². The summed E-state index contributed by atoms with van der Waals surface area (Å²) in [7, 11) is -1.01. The fourth-order valence-electron chi connectivity index (χ4n) is 2.45. The zero-order valence-corrected chi connectivity index (χ0v) is 12.4. The molecule has 0 bridgehead atoms. The molecule has 1 aromatic heterocycles. The summed E-state index contributed by atoms with van der Waals surface area (Å²) >= 11 is 0. The molecule has 2 nitrogen and oxygen atoms in total. The Bertz CT molecular complexity index is 653. The smallest absolute Gasteiger partial charge is 0.0850 e. The van der Waals surface area contributed by atoms with Gasteiger partial charge in [-0.3, -0.25) is 4.21 Å². The van der Waals surface area contributed by atoms with E-state index >= 15 is 0 Å². The highest BCUT2D eigenvalue weighted by atomic mass is 32.2. The zero-order chi connectivity index (χ0) is 14.5. The molecule has 1 atom stereocenters. The van der Waals surface area contributed by atoms with Gasteiger partial charge in [0.05, 0.1) is 11.0 Å². The predicted molar refractivity (Wildman–Crippen MR) is 87.4 cm³/mol. The molecule has 3 rings (SSSR count). The highest BCUT2D eigenvalue weighted by Crippen LogP contribution is 2.29. The summed E-state index contributed by atoms with van der Waals surface area (Å²) in [5.74, 6) is 0.554. The van der Waals surface area contributed by atoms with Gasteiger partial charge in [0.1, 0.15) is 0 Å². The molecule has 0 unspecified atom stereocenters. The van der Waals surface area contributed by atoms with Crippen molar-refractivity contribution < 1.29 is 4.21 Å². The lowest BCUT2D eigenvalue weighted by atomic mass is 10.0. The molecular weight excluding hydrogens is 278 g/mol. The van der Waals surface area contributed by atoms with Crippen LogP contribution in [0.4, 0.5) is 0 Å². The molecule has 106 valence electrons. The predicted octanol–water partition coefficient (Wildman–Crippen LogP) is 4.05. The highest BCUT2D eigenvalue weighted by molar-refractivity contribution is 7.84. The normalized spacial score (nSPS) is 12.4. The van der Waals surface area contributed by atoms with E-state index in [1.165, 1.54) is 0 Å². The van der Waals surface area contributed by atoms with Crippen LogP contribution in [0.1, 0.15) is 21.9 Å². The quantitative estimate of drug-likeness (QED) is 0.756. The number of aromatic amines is 1. The van der Waals surface area contributed by atoms with E-state index in [0.717, 1.165) is 16.7 Å². The van der Waals surface area contributed by atoms with Crippen molar-refractivity contribution in [3.8, 4) is 0 Å². The van der Waals surface area contributed by atoms with Crippen molar-refractivity contribution in [3.63, 3.8) is 0 Å². The van der Waals surface area contributed by atoms with E-state index in [2.05, 4.69) is 4.98 Å². The molecule has 3 aromatic rings. The summed E-state index contributed by atoms with van der Waals surface area (Å²) in [5, 5.41) is -0.0951. The third-order valence-corrected chi connectivity index (χ3v) is 5.13. The van der Waals surface area contributed by atoms with Crippen molar-refractivity contribution in [2.45, 2.75) is 11.0 Å². The molecule has 0 saturated carbocycles. The molecule has 1 heterocycles. The number of hydrogen-bond donors (Lipinski definition) is 1. The average Bonchev–Trinajstić information content (AvgIpc) is 3.02. The molecule has 3 heteroatoms. The number of rotatable bonds is 5. The van der Waals surface area contributed by atoms with E-state index in [0.29, 0.717) is 5.75 Å². The fraction of sp³-hybridized carbons (Fsp3) is 0.111. The lowest BCUT2D eigenvalue weighted by Crippen LogP contribution is -2.10. The Balaban J connectivity index is 1.95. The Morgan fingerprint density at radius 3 is 1.90 bits per heavy atom. The second-order valence-corrected chi connectivity index (χ2v) is 6.47. The SMILES string of the molecule is O=[S@](Cc1cc[nH]c1)C(c1ccccc1)c1ccccc1. The van der Waals surface area contributed by atoms with E-state index in [1.807, 2.05) is 79.1 Å². The maximum atomic E-state index is 12.9. The van der Waals surface area contributed by atoms with Crippen LogP contribution in [-0.4, -0.2) is 9.19 Å². The van der Waals surface area contributed by atoms with Crippen LogP contribution >= 0.6 is 0 Å². The molecule has 0 spiro atoms. The van der Waals surface area contributed by atoms with Crippen LogP contribution in [0, 0.1) is 0 Å². The molecule has 0 radical (unpaired) electrons. The maximum absolute atomic E-state index is 12.9. The van der Waals surface area contributed by atoms with Gasteiger partial charge in [-0.2, -0.15) is 0 Å². The summed E-state index contributed by atoms with van der Waals surface area (Å²) in [6, 6.07) is 22.1. The van der Waals surface area contributed by atoms with E-state index in [-0.39, 0.29) is 5.25 Å². The zero-order valence-electron chi connectivity index (χ0n) is 11.6. The average molecular weight is 295 g/mol. The van der Waals surface area contributed by atoms with Crippen molar-refractivity contribution in [2.24, 2.45) is 0 Å². The van der Waals surface area contributed by atoms with Gasteiger partial charge < -0.3 is 4.98 Å². The van der Waals surface area contributed by atoms with Crippen LogP contribution in [0.15, 0.2) is 79.1 Å². The third kappa shape index (κ3) is 3.31. The molecule has 0 aliphatic rings. The van der Waals surface area contributed by atoms with Gasteiger partial charge >= 0.3 is 0 Å². The number of aromatic nitrogens is 1. The molecule has 0 aliphatic carbocycles. The monoisotopic (exact) mass is 295 g/mol. The van der Waals surface area contributed by atoms with Gasteiger partial charge in [0.2, 0.25) is 0 Å². The fourth-order valence-corrected chi connectivity index (χ4v) is 4.04. The van der Waals surface area contributed by atoms with Gasteiger partial charge in [-0.05, 0) is 22.8 Å². The molecule has 0 fully saturated rings. The Labute approximate surface area is 127 Å². The molecule has 2 aromatic carbocycles. The van der Waals surface area contributed by atoms with Crippen LogP contribution in [0.25, 0.3) is 0 Å². The molecule has 1 N–H and O–H groups in total. The Morgan fingerprint density at radius 1 is 0.857 bits per heavy atom. The first kappa shape index (κ1) is 13.8. The minimum atomic E-state index is -1.01. The van der Waals surface area contributed by atoms with Crippen LogP contribution < -0.4 is 0 Å². The van der Waals surface area contributed by atoms with E-state index < -0.39 is 10.8 Å². The van der Waals surface area contributed by atoms with Crippen molar-refractivity contribution >= 4 is 10.8 Å². The van der Waals surface area contributed by atoms with Crippen LogP contribution in [0.2, 0.25) is 0 Å². The van der Waals surface area contributed by atoms with Gasteiger partial charge in [0.15, 0.2) is 0 Å². The lowest BCUT2D eigenvalue weighted by molar-refractivity contribution is 0.677. The molecule has 21 heavy (non-hydrogen) atoms. The van der Waals surface area contributed by atoms with Crippen LogP contribution in [-0.2, 0) is 16.6 Å². The second-order valence-electron chi connectivity index (χ2n) is 4.95. The maximum Gasteiger partial charge on any atom is 0.0850 e. The Hall–Kier alpha value is -2.13. The third-order valence-electron chi connectivity index (χ3n) is 3.44. The minimum Gasteiger partial charge on any atom is -0.367 e. The van der Waals surface area contributed by atoms with Gasteiger partial charge in [0, 0.05) is 23.2 Å². The minimum absolute atomic E-state index is 0.0951. The van der Waals surface area contributed by atoms with Crippen molar-refractivity contribution in [1.29, 1.82) is 0 Å². The first-order valence-corrected chi connectivity index (χ1v) is 8.31. The molecule has 0 amide bonds. The lowest BCUT2D eigenvalue weighted by Gasteiger charge is -2.17. The summed E-state index contributed by atoms with van der Waals surface area (Å²) < 4.78 is 12.9. The van der Waals surface area contributed by atoms with E-state index in [9.17, 15) is 4.21 Å². The Morgan fingerprint density at radius 2 is 1.43 bits per heavy atom. The summed E-state index contributed by atoms with van der Waals surface area (Å²) in [5.41, 5.74) is 3.26. The summed E-state index contributed by atoms with van der Waals surface area (Å²) in [6.45, 7) is 0. The van der Waals surface area contributed by atoms with Crippen molar-refractivity contribution in [1.82, 2.24) is 4.98 Å². The molecule has 0 saturated heterocycles. The number of nitrogens with one attached hydrogen (secondary N) is 1. The topological polar surface area (TPSA) is 32.9 Å². The second kappa shape index (κ2) is 6.55. The van der Waals surface area contributed by atoms with E-state index in [4.69, 9.17) is 0 Å². The van der Waals surface area contributed by atoms with Gasteiger partial charge in [-0.1, -0.05) is 60.7 Å². The first-order valence-electron chi connectivity index (χ1n) is 6.93. The standard InChI is InChI=1S/C18H17NOS/c20-21(14-15-11-12-19-13-15)18(16-7-3-1-4-8-16)17-9-5-2-6-10-17/h1-13,18-19H,14H2/t21-/m1/s1. The summed E-state index contributed by atoms with van der Waals surface area (Å²) in [4.78, 5) is 3.02. The van der Waals surface area contributed by atoms with Gasteiger partial charge in [0.25, 0.3) is 0 Å². The first-order chi connectivity index (χ1) is 10.3. The van der Waals surface area contributed by atoms with Crippen molar-refractivity contribution in [3.05, 3.63) is 95.8 Å². The summed E-state index contributed by atoms with van der Waals surface area (Å²) in [6.07, 6.45) is 3.78. The number of hydrogen-bond acceptors (Lipinski definition) is 1. The molecule has 0 aliphatic heterocycles. The van der Waals surface area contributed by atoms with Crippen LogP contribution in [0.5, 0.6) is 0 Å². The molecular formula is C18H17NOS. The highest BCUT2D eigenvalue weighted by Gasteiger charge is 2.21.